The van der Waals surface area contributed by atoms with E-state index in [0.29, 0.717) is 11.4 Å². The number of aryl methyl sites for hydroxylation is 1. The molecule has 1 aromatic rings. The largest absolute Gasteiger partial charge is 0.310 e. The Morgan fingerprint density at radius 3 is 2.67 bits per heavy atom. The van der Waals surface area contributed by atoms with Crippen LogP contribution in [0.1, 0.15) is 30.9 Å². The van der Waals surface area contributed by atoms with E-state index in [1.807, 2.05) is 18.2 Å². The van der Waals surface area contributed by atoms with Crippen LogP contribution in [0, 0.1) is 12.3 Å². The van der Waals surface area contributed by atoms with Gasteiger partial charge in [-0.25, -0.2) is 4.98 Å². The van der Waals surface area contributed by atoms with Crippen LogP contribution < -0.4 is 5.56 Å². The molecule has 3 nitrogen and oxygen atoms in total. The van der Waals surface area contributed by atoms with Crippen LogP contribution in [0.15, 0.2) is 16.9 Å². The third-order valence-electron chi connectivity index (χ3n) is 2.45. The van der Waals surface area contributed by atoms with Crippen LogP contribution in [0.2, 0.25) is 0 Å². The van der Waals surface area contributed by atoms with Gasteiger partial charge < -0.3 is 4.98 Å². The second-order valence-corrected chi connectivity index (χ2v) is 4.44. The van der Waals surface area contributed by atoms with E-state index in [-0.39, 0.29) is 11.0 Å². The molecule has 0 amide bonds. The molecule has 0 fully saturated rings. The van der Waals surface area contributed by atoms with E-state index in [2.05, 4.69) is 29.9 Å². The molecule has 1 aliphatic rings. The van der Waals surface area contributed by atoms with Crippen molar-refractivity contribution in [2.24, 2.45) is 5.41 Å². The number of nitrogens with one attached hydrogen (secondary N) is 1. The maximum Gasteiger partial charge on any atom is 0.258 e. The van der Waals surface area contributed by atoms with Crippen molar-refractivity contribution in [2.45, 2.75) is 20.8 Å². The Kier molecular flexibility index (Phi) is 2.11. The van der Waals surface area contributed by atoms with Crippen molar-refractivity contribution in [3.63, 3.8) is 0 Å². The second-order valence-electron chi connectivity index (χ2n) is 4.44. The van der Waals surface area contributed by atoms with Crippen molar-refractivity contribution in [3.8, 4) is 0 Å². The summed E-state index contributed by atoms with van der Waals surface area (Å²) in [7, 11) is 0. The van der Waals surface area contributed by atoms with Gasteiger partial charge in [-0.2, -0.15) is 0 Å². The maximum absolute atomic E-state index is 11.7. The lowest BCUT2D eigenvalue weighted by atomic mass is 9.93. The van der Waals surface area contributed by atoms with Crippen LogP contribution in [-0.4, -0.2) is 9.97 Å². The number of nitrogens with zero attached hydrogens (tertiary/aromatic N) is 1. The molecule has 0 spiro atoms. The molecule has 0 unspecified atom stereocenters. The summed E-state index contributed by atoms with van der Waals surface area (Å²) in [6.45, 7) is 5.97. The molecule has 0 saturated heterocycles. The lowest BCUT2D eigenvalue weighted by molar-refractivity contribution is 0.633. The first-order valence-electron chi connectivity index (χ1n) is 4.97. The number of fused-ring (bicyclic) bond motifs is 1. The summed E-state index contributed by atoms with van der Waals surface area (Å²) in [6, 6.07) is 0. The number of hydrogen-bond donors (Lipinski definition) is 1. The van der Waals surface area contributed by atoms with Gasteiger partial charge in [0.2, 0.25) is 0 Å². The minimum absolute atomic E-state index is 0.0267. The number of aromatic nitrogens is 2. The van der Waals surface area contributed by atoms with Gasteiger partial charge in [0.1, 0.15) is 5.82 Å². The Bertz CT molecular complexity index is 507. The third-order valence-corrected chi connectivity index (χ3v) is 2.45. The first kappa shape index (κ1) is 9.90. The molecular formula is C12H14N2O. The van der Waals surface area contributed by atoms with E-state index >= 15 is 0 Å². The van der Waals surface area contributed by atoms with E-state index in [9.17, 15) is 4.79 Å². The van der Waals surface area contributed by atoms with E-state index in [0.717, 1.165) is 5.69 Å². The van der Waals surface area contributed by atoms with Crippen LogP contribution in [0.4, 0.5) is 0 Å². The van der Waals surface area contributed by atoms with Crippen LogP contribution in [0.25, 0.3) is 12.2 Å². The molecule has 78 valence electrons. The average Bonchev–Trinajstić information content (AvgIpc) is 2.26. The van der Waals surface area contributed by atoms with Gasteiger partial charge in [-0.15, -0.1) is 0 Å². The fraction of sp³-hybridized carbons (Fsp3) is 0.333. The van der Waals surface area contributed by atoms with Crippen molar-refractivity contribution in [3.05, 3.63) is 39.6 Å². The Balaban J connectivity index is 2.68. The number of hydrogen-bond acceptors (Lipinski definition) is 2. The molecule has 15 heavy (non-hydrogen) atoms. The zero-order valence-electron chi connectivity index (χ0n) is 9.16. The fourth-order valence-electron chi connectivity index (χ4n) is 1.55. The molecule has 0 aromatic carbocycles. The van der Waals surface area contributed by atoms with Crippen LogP contribution in [0.5, 0.6) is 0 Å². The highest BCUT2D eigenvalue weighted by molar-refractivity contribution is 5.65. The van der Waals surface area contributed by atoms with Crippen molar-refractivity contribution in [1.29, 1.82) is 0 Å². The molecule has 1 heterocycles. The molecule has 1 aliphatic carbocycles. The highest BCUT2D eigenvalue weighted by Crippen LogP contribution is 2.25. The molecule has 0 bridgehead atoms. The molecule has 1 aromatic heterocycles. The Labute approximate surface area is 88.6 Å². The quantitative estimate of drug-likeness (QED) is 0.700. The monoisotopic (exact) mass is 202 g/mol. The maximum atomic E-state index is 11.7. The molecule has 0 radical (unpaired) electrons. The summed E-state index contributed by atoms with van der Waals surface area (Å²) in [5.41, 5.74) is 1.29. The van der Waals surface area contributed by atoms with E-state index < -0.39 is 0 Å². The standard InChI is InChI=1S/C12H14N2O/c1-8-13-10-5-7-12(2,3)6-4-9(10)11(15)14-8/h4-7H,1-3H3,(H,13,14,15). The average molecular weight is 202 g/mol. The third kappa shape index (κ3) is 1.91. The number of aromatic amines is 1. The summed E-state index contributed by atoms with van der Waals surface area (Å²) in [5.74, 6) is 0.650. The smallest absolute Gasteiger partial charge is 0.258 e. The van der Waals surface area contributed by atoms with Gasteiger partial charge >= 0.3 is 0 Å². The Morgan fingerprint density at radius 1 is 1.27 bits per heavy atom. The molecule has 1 N–H and O–H groups in total. The summed E-state index contributed by atoms with van der Waals surface area (Å²) in [5, 5.41) is 0. The van der Waals surface area contributed by atoms with Crippen molar-refractivity contribution >= 4 is 12.2 Å². The Hall–Kier alpha value is -1.64. The summed E-state index contributed by atoms with van der Waals surface area (Å²) < 4.78 is 0. The molecular weight excluding hydrogens is 188 g/mol. The summed E-state index contributed by atoms with van der Waals surface area (Å²) in [4.78, 5) is 18.7. The van der Waals surface area contributed by atoms with Gasteiger partial charge in [-0.05, 0) is 13.0 Å². The van der Waals surface area contributed by atoms with Gasteiger partial charge in [-0.1, -0.05) is 32.1 Å². The van der Waals surface area contributed by atoms with Crippen molar-refractivity contribution < 1.29 is 0 Å². The van der Waals surface area contributed by atoms with Crippen LogP contribution >= 0.6 is 0 Å². The van der Waals surface area contributed by atoms with E-state index in [4.69, 9.17) is 0 Å². The van der Waals surface area contributed by atoms with Gasteiger partial charge in [0, 0.05) is 5.41 Å². The highest BCUT2D eigenvalue weighted by Gasteiger charge is 2.14. The first-order valence-corrected chi connectivity index (χ1v) is 4.97. The topological polar surface area (TPSA) is 45.8 Å². The molecule has 0 saturated carbocycles. The predicted molar refractivity (Wildman–Crippen MR) is 61.4 cm³/mol. The Morgan fingerprint density at radius 2 is 1.93 bits per heavy atom. The number of allylic oxidation sites excluding steroid dienone is 2. The van der Waals surface area contributed by atoms with Gasteiger partial charge in [0.15, 0.2) is 0 Å². The highest BCUT2D eigenvalue weighted by atomic mass is 16.1. The summed E-state index contributed by atoms with van der Waals surface area (Å²) >= 11 is 0. The lowest BCUT2D eigenvalue weighted by Gasteiger charge is -2.11. The zero-order valence-corrected chi connectivity index (χ0v) is 9.16. The summed E-state index contributed by atoms with van der Waals surface area (Å²) in [6.07, 6.45) is 7.83. The number of H-pyrrole nitrogens is 1. The van der Waals surface area contributed by atoms with Gasteiger partial charge in [-0.3, -0.25) is 4.79 Å². The molecule has 0 atom stereocenters. The minimum atomic E-state index is -0.0731. The molecule has 3 heteroatoms. The SMILES string of the molecule is Cc1nc2c(c(=O)[nH]1)C=CC(C)(C)C=C2. The van der Waals surface area contributed by atoms with Crippen molar-refractivity contribution in [1.82, 2.24) is 9.97 Å². The lowest BCUT2D eigenvalue weighted by Crippen LogP contribution is -2.14. The zero-order chi connectivity index (χ0) is 11.1. The van der Waals surface area contributed by atoms with E-state index in [1.165, 1.54) is 0 Å². The minimum Gasteiger partial charge on any atom is -0.310 e. The molecule has 2 rings (SSSR count). The van der Waals surface area contributed by atoms with Crippen LogP contribution in [-0.2, 0) is 0 Å². The van der Waals surface area contributed by atoms with Crippen LogP contribution in [0.3, 0.4) is 0 Å². The fourth-order valence-corrected chi connectivity index (χ4v) is 1.55. The van der Waals surface area contributed by atoms with Gasteiger partial charge in [0.05, 0.1) is 11.3 Å². The number of rotatable bonds is 0. The molecule has 0 aliphatic heterocycles. The predicted octanol–water partition coefficient (Wildman–Crippen LogP) is 2.14. The first-order chi connectivity index (χ1) is 6.98. The normalized spacial score (nSPS) is 17.3. The van der Waals surface area contributed by atoms with E-state index in [1.54, 1.807) is 6.92 Å². The van der Waals surface area contributed by atoms with Gasteiger partial charge in [0.25, 0.3) is 5.56 Å². The second kappa shape index (κ2) is 3.19. The van der Waals surface area contributed by atoms with Crippen molar-refractivity contribution in [2.75, 3.05) is 0 Å².